The van der Waals surface area contributed by atoms with Crippen LogP contribution in [0.2, 0.25) is 0 Å². The maximum Gasteiger partial charge on any atom is 0.264 e. The van der Waals surface area contributed by atoms with E-state index in [9.17, 15) is 4.79 Å². The zero-order valence-electron chi connectivity index (χ0n) is 13.3. The highest BCUT2D eigenvalue weighted by molar-refractivity contribution is 7.12. The first kappa shape index (κ1) is 14.4. The van der Waals surface area contributed by atoms with Crippen molar-refractivity contribution in [2.75, 3.05) is 0 Å². The molecular formula is C17H17N3O2S. The zero-order valence-corrected chi connectivity index (χ0v) is 14.1. The number of hydrogen-bond acceptors (Lipinski definition) is 5. The van der Waals surface area contributed by atoms with Crippen molar-refractivity contribution in [3.8, 4) is 5.75 Å². The number of rotatable bonds is 2. The van der Waals surface area contributed by atoms with Gasteiger partial charge in [-0.25, -0.2) is 4.98 Å². The SMILES string of the molecule is Cc1nsc2ncn(Cc3cccc4c3OC(C)(C)C4)c(=O)c12. The largest absolute Gasteiger partial charge is 0.487 e. The van der Waals surface area contributed by atoms with Crippen molar-refractivity contribution in [2.24, 2.45) is 0 Å². The molecule has 0 bridgehead atoms. The molecule has 1 aromatic carbocycles. The van der Waals surface area contributed by atoms with Gasteiger partial charge in [0.15, 0.2) is 4.83 Å². The Labute approximate surface area is 137 Å². The minimum atomic E-state index is -0.195. The van der Waals surface area contributed by atoms with Gasteiger partial charge in [-0.15, -0.1) is 0 Å². The lowest BCUT2D eigenvalue weighted by molar-refractivity contribution is 0.137. The van der Waals surface area contributed by atoms with Gasteiger partial charge in [0.2, 0.25) is 0 Å². The number of hydrogen-bond donors (Lipinski definition) is 0. The summed E-state index contributed by atoms with van der Waals surface area (Å²) in [6, 6.07) is 6.12. The molecule has 5 nitrogen and oxygen atoms in total. The number of fused-ring (bicyclic) bond motifs is 2. The van der Waals surface area contributed by atoms with E-state index in [2.05, 4.69) is 29.3 Å². The van der Waals surface area contributed by atoms with Gasteiger partial charge in [0.05, 0.1) is 24.0 Å². The maximum atomic E-state index is 12.7. The van der Waals surface area contributed by atoms with Gasteiger partial charge < -0.3 is 4.74 Å². The average molecular weight is 327 g/mol. The number of para-hydroxylation sites is 1. The summed E-state index contributed by atoms with van der Waals surface area (Å²) in [4.78, 5) is 17.7. The maximum absolute atomic E-state index is 12.7. The molecule has 0 amide bonds. The summed E-state index contributed by atoms with van der Waals surface area (Å²) in [5.74, 6) is 0.907. The van der Waals surface area contributed by atoms with E-state index in [0.29, 0.717) is 16.8 Å². The van der Waals surface area contributed by atoms with Crippen molar-refractivity contribution in [3.63, 3.8) is 0 Å². The summed E-state index contributed by atoms with van der Waals surface area (Å²) in [6.07, 6.45) is 2.48. The Bertz CT molecular complexity index is 972. The van der Waals surface area contributed by atoms with Gasteiger partial charge in [-0.2, -0.15) is 4.37 Å². The number of aryl methyl sites for hydroxylation is 1. The summed E-state index contributed by atoms with van der Waals surface area (Å²) >= 11 is 1.26. The van der Waals surface area contributed by atoms with Gasteiger partial charge in [-0.1, -0.05) is 18.2 Å². The molecule has 0 spiro atoms. The van der Waals surface area contributed by atoms with Crippen molar-refractivity contribution in [1.82, 2.24) is 13.9 Å². The van der Waals surface area contributed by atoms with Gasteiger partial charge >= 0.3 is 0 Å². The molecule has 3 heterocycles. The molecule has 118 valence electrons. The summed E-state index contributed by atoms with van der Waals surface area (Å²) < 4.78 is 11.9. The Balaban J connectivity index is 1.79. The van der Waals surface area contributed by atoms with Gasteiger partial charge in [0, 0.05) is 12.0 Å². The van der Waals surface area contributed by atoms with Crippen molar-refractivity contribution in [2.45, 2.75) is 39.3 Å². The fourth-order valence-electron chi connectivity index (χ4n) is 3.11. The molecule has 0 aliphatic carbocycles. The second kappa shape index (κ2) is 4.89. The third-order valence-electron chi connectivity index (χ3n) is 4.15. The minimum absolute atomic E-state index is 0.0453. The molecule has 1 aliphatic heterocycles. The molecule has 0 N–H and O–H groups in total. The number of ether oxygens (including phenoxy) is 1. The number of aromatic nitrogens is 3. The highest BCUT2D eigenvalue weighted by Gasteiger charge is 2.31. The minimum Gasteiger partial charge on any atom is -0.487 e. The Kier molecular flexibility index (Phi) is 3.06. The van der Waals surface area contributed by atoms with Crippen molar-refractivity contribution in [1.29, 1.82) is 0 Å². The Hall–Kier alpha value is -2.21. The second-order valence-electron chi connectivity index (χ2n) is 6.57. The standard InChI is InChI=1S/C17H17N3O2S/c1-10-13-15(23-19-10)18-9-20(16(13)21)8-12-6-4-5-11-7-17(2,3)22-14(11)12/h4-6,9H,7-8H2,1-3H3. The fourth-order valence-corrected chi connectivity index (χ4v) is 3.85. The topological polar surface area (TPSA) is 57.0 Å². The highest BCUT2D eigenvalue weighted by atomic mass is 32.1. The van der Waals surface area contributed by atoms with Crippen LogP contribution in [0.15, 0.2) is 29.3 Å². The van der Waals surface area contributed by atoms with Crippen LogP contribution in [0.1, 0.15) is 30.7 Å². The first-order valence-electron chi connectivity index (χ1n) is 7.56. The van der Waals surface area contributed by atoms with Crippen LogP contribution >= 0.6 is 11.5 Å². The zero-order chi connectivity index (χ0) is 16.2. The molecular weight excluding hydrogens is 310 g/mol. The predicted molar refractivity (Wildman–Crippen MR) is 90.4 cm³/mol. The summed E-state index contributed by atoms with van der Waals surface area (Å²) in [5.41, 5.74) is 2.71. The van der Waals surface area contributed by atoms with Crippen LogP contribution in [0.3, 0.4) is 0 Å². The summed E-state index contributed by atoms with van der Waals surface area (Å²) in [7, 11) is 0. The average Bonchev–Trinajstić information content (AvgIpc) is 3.01. The normalized spacial score (nSPS) is 15.6. The van der Waals surface area contributed by atoms with Crippen LogP contribution in [-0.4, -0.2) is 19.5 Å². The number of benzene rings is 1. The molecule has 23 heavy (non-hydrogen) atoms. The summed E-state index contributed by atoms with van der Waals surface area (Å²) in [5, 5.41) is 0.617. The Morgan fingerprint density at radius 2 is 2.22 bits per heavy atom. The van der Waals surface area contributed by atoms with E-state index in [4.69, 9.17) is 4.74 Å². The molecule has 3 aromatic rings. The molecule has 1 aliphatic rings. The van der Waals surface area contributed by atoms with Gasteiger partial charge in [0.1, 0.15) is 11.4 Å². The Morgan fingerprint density at radius 1 is 1.39 bits per heavy atom. The molecule has 0 radical (unpaired) electrons. The van der Waals surface area contributed by atoms with Crippen LogP contribution in [-0.2, 0) is 13.0 Å². The molecule has 0 saturated carbocycles. The summed E-state index contributed by atoms with van der Waals surface area (Å²) in [6.45, 7) is 6.46. The lowest BCUT2D eigenvalue weighted by atomic mass is 10.0. The number of nitrogens with zero attached hydrogens (tertiary/aromatic N) is 3. The fraction of sp³-hybridized carbons (Fsp3) is 0.353. The van der Waals surface area contributed by atoms with Gasteiger partial charge in [0.25, 0.3) is 5.56 Å². The van der Waals surface area contributed by atoms with Crippen LogP contribution in [0.5, 0.6) is 5.75 Å². The van der Waals surface area contributed by atoms with E-state index in [1.165, 1.54) is 17.1 Å². The highest BCUT2D eigenvalue weighted by Crippen LogP contribution is 2.37. The third-order valence-corrected chi connectivity index (χ3v) is 4.99. The molecule has 4 rings (SSSR count). The van der Waals surface area contributed by atoms with Gasteiger partial charge in [-0.3, -0.25) is 9.36 Å². The third kappa shape index (κ3) is 2.34. The molecule has 0 atom stereocenters. The lowest BCUT2D eigenvalue weighted by Crippen LogP contribution is -2.25. The Morgan fingerprint density at radius 3 is 3.04 bits per heavy atom. The van der Waals surface area contributed by atoms with Crippen molar-refractivity contribution >= 4 is 21.7 Å². The first-order chi connectivity index (χ1) is 10.9. The first-order valence-corrected chi connectivity index (χ1v) is 8.33. The molecule has 0 unspecified atom stereocenters. The van der Waals surface area contributed by atoms with E-state index in [0.717, 1.165) is 23.4 Å². The van der Waals surface area contributed by atoms with Crippen LogP contribution in [0, 0.1) is 6.92 Å². The van der Waals surface area contributed by atoms with Crippen LogP contribution in [0.25, 0.3) is 10.2 Å². The molecule has 2 aromatic heterocycles. The van der Waals surface area contributed by atoms with E-state index < -0.39 is 0 Å². The van der Waals surface area contributed by atoms with E-state index in [1.54, 1.807) is 10.9 Å². The molecule has 6 heteroatoms. The van der Waals surface area contributed by atoms with Gasteiger partial charge in [-0.05, 0) is 37.9 Å². The predicted octanol–water partition coefficient (Wildman–Crippen LogP) is 2.92. The van der Waals surface area contributed by atoms with E-state index in [-0.39, 0.29) is 11.2 Å². The van der Waals surface area contributed by atoms with E-state index in [1.807, 2.05) is 19.1 Å². The lowest BCUT2D eigenvalue weighted by Gasteiger charge is -2.18. The van der Waals surface area contributed by atoms with Crippen molar-refractivity contribution < 1.29 is 4.74 Å². The van der Waals surface area contributed by atoms with Crippen LogP contribution in [0.4, 0.5) is 0 Å². The second-order valence-corrected chi connectivity index (χ2v) is 7.32. The smallest absolute Gasteiger partial charge is 0.264 e. The van der Waals surface area contributed by atoms with E-state index >= 15 is 0 Å². The quantitative estimate of drug-likeness (QED) is 0.726. The molecule has 0 saturated heterocycles. The monoisotopic (exact) mass is 327 g/mol. The molecule has 0 fully saturated rings. The van der Waals surface area contributed by atoms with Crippen LogP contribution < -0.4 is 10.3 Å². The van der Waals surface area contributed by atoms with Crippen molar-refractivity contribution in [3.05, 3.63) is 51.7 Å².